The molecule has 0 aromatic heterocycles. The van der Waals surface area contributed by atoms with E-state index in [0.717, 1.165) is 22.1 Å². The van der Waals surface area contributed by atoms with Crippen LogP contribution in [-0.2, 0) is 31.8 Å². The minimum Gasteiger partial charge on any atom is -0.407 e. The van der Waals surface area contributed by atoms with Crippen molar-refractivity contribution < 1.29 is 27.4 Å². The predicted octanol–water partition coefficient (Wildman–Crippen LogP) is 2.18. The van der Waals surface area contributed by atoms with Crippen molar-refractivity contribution in [1.29, 1.82) is 0 Å². The van der Waals surface area contributed by atoms with Crippen molar-refractivity contribution in [1.82, 2.24) is 0 Å². The molecule has 0 saturated carbocycles. The molecule has 2 aromatic carbocycles. The number of benzene rings is 2. The zero-order valence-electron chi connectivity index (χ0n) is 15.3. The van der Waals surface area contributed by atoms with E-state index in [-0.39, 0.29) is 17.0 Å². The summed E-state index contributed by atoms with van der Waals surface area (Å²) in [6.45, 7) is 5.53. The molecule has 27 heavy (non-hydrogen) atoms. The second-order valence-electron chi connectivity index (χ2n) is 7.76. The second-order valence-corrected chi connectivity index (χ2v) is 7.76. The first-order valence-corrected chi connectivity index (χ1v) is 8.94. The molecule has 0 aliphatic carbocycles. The van der Waals surface area contributed by atoms with Crippen LogP contribution in [0.15, 0.2) is 36.4 Å². The number of hydrogen-bond donors (Lipinski definition) is 0. The number of fused-ring (bicyclic) bond motifs is 2. The first-order chi connectivity index (χ1) is 12.9. The first-order valence-electron chi connectivity index (χ1n) is 8.94. The molecule has 0 amide bonds. The van der Waals surface area contributed by atoms with Gasteiger partial charge in [0, 0.05) is 18.6 Å². The Morgan fingerprint density at radius 3 is 1.74 bits per heavy atom. The molecular formula is C19H20B2F2O4. The van der Waals surface area contributed by atoms with Gasteiger partial charge in [0.15, 0.2) is 0 Å². The lowest BCUT2D eigenvalue weighted by atomic mass is 9.77. The lowest BCUT2D eigenvalue weighted by Gasteiger charge is -2.26. The van der Waals surface area contributed by atoms with Crippen molar-refractivity contribution >= 4 is 25.2 Å². The van der Waals surface area contributed by atoms with Crippen LogP contribution in [0.4, 0.5) is 8.78 Å². The van der Waals surface area contributed by atoms with Crippen molar-refractivity contribution in [3.8, 4) is 0 Å². The topological polar surface area (TPSA) is 36.9 Å². The largest absolute Gasteiger partial charge is 0.494 e. The quantitative estimate of drug-likeness (QED) is 0.729. The molecule has 8 heteroatoms. The van der Waals surface area contributed by atoms with Gasteiger partial charge in [0.25, 0.3) is 0 Å². The van der Waals surface area contributed by atoms with Crippen LogP contribution >= 0.6 is 0 Å². The highest BCUT2D eigenvalue weighted by molar-refractivity contribution is 6.63. The van der Waals surface area contributed by atoms with Crippen LogP contribution in [0.5, 0.6) is 0 Å². The highest BCUT2D eigenvalue weighted by Crippen LogP contribution is 2.21. The summed E-state index contributed by atoms with van der Waals surface area (Å²) >= 11 is 0. The molecule has 0 bridgehead atoms. The Bertz CT molecular complexity index is 779. The van der Waals surface area contributed by atoms with Crippen molar-refractivity contribution in [2.24, 2.45) is 5.41 Å². The van der Waals surface area contributed by atoms with E-state index in [1.54, 1.807) is 12.1 Å². The fraction of sp³-hybridized carbons (Fsp3) is 0.368. The molecule has 0 radical (unpaired) electrons. The molecule has 0 fully saturated rings. The van der Waals surface area contributed by atoms with E-state index < -0.39 is 14.2 Å². The van der Waals surface area contributed by atoms with Gasteiger partial charge >= 0.3 is 14.2 Å². The average molecular weight is 372 g/mol. The molecule has 140 valence electrons. The standard InChI is InChI=1S/C19H20B2F2O4/c1-19(2,11-26-20-17-5-3-15(22)7-13(17)9-24-20)12-27-21-18-6-4-16(23)8-14(18)10-25-21/h3-8H,9-12H2,1-2H3. The summed E-state index contributed by atoms with van der Waals surface area (Å²) in [5.74, 6) is -0.549. The molecule has 2 aromatic rings. The molecule has 0 spiro atoms. The second kappa shape index (κ2) is 7.36. The third-order valence-electron chi connectivity index (χ3n) is 4.75. The Hall–Kier alpha value is -1.73. The minimum atomic E-state index is -0.494. The Balaban J connectivity index is 1.32. The normalized spacial score (nSPS) is 16.0. The van der Waals surface area contributed by atoms with E-state index in [2.05, 4.69) is 0 Å². The fourth-order valence-electron chi connectivity index (χ4n) is 3.29. The fourth-order valence-corrected chi connectivity index (χ4v) is 3.29. The van der Waals surface area contributed by atoms with E-state index in [1.807, 2.05) is 13.8 Å². The van der Waals surface area contributed by atoms with Crippen LogP contribution in [0, 0.1) is 17.0 Å². The van der Waals surface area contributed by atoms with Crippen molar-refractivity contribution in [3.63, 3.8) is 0 Å². The summed E-state index contributed by atoms with van der Waals surface area (Å²) in [7, 11) is -0.988. The molecule has 0 unspecified atom stereocenters. The minimum absolute atomic E-state index is 0.275. The van der Waals surface area contributed by atoms with E-state index in [4.69, 9.17) is 18.6 Å². The van der Waals surface area contributed by atoms with Crippen molar-refractivity contribution in [2.45, 2.75) is 27.1 Å². The number of hydrogen-bond acceptors (Lipinski definition) is 4. The smallest absolute Gasteiger partial charge is 0.407 e. The molecule has 0 atom stereocenters. The van der Waals surface area contributed by atoms with Crippen LogP contribution in [0.3, 0.4) is 0 Å². The molecule has 0 N–H and O–H groups in total. The molecule has 2 heterocycles. The van der Waals surface area contributed by atoms with Crippen LogP contribution in [0.1, 0.15) is 25.0 Å². The molecule has 0 saturated heterocycles. The summed E-state index contributed by atoms with van der Waals surface area (Å²) in [6.07, 6.45) is 0. The Labute approximate surface area is 158 Å². The molecular weight excluding hydrogens is 352 g/mol. The summed E-state index contributed by atoms with van der Waals surface area (Å²) < 4.78 is 49.7. The summed E-state index contributed by atoms with van der Waals surface area (Å²) in [4.78, 5) is 0. The highest BCUT2D eigenvalue weighted by atomic mass is 19.1. The van der Waals surface area contributed by atoms with Gasteiger partial charge in [-0.1, -0.05) is 26.0 Å². The summed E-state index contributed by atoms with van der Waals surface area (Å²) in [5, 5.41) is 0. The maximum atomic E-state index is 13.3. The van der Waals surface area contributed by atoms with Gasteiger partial charge in [0.1, 0.15) is 11.6 Å². The average Bonchev–Trinajstić information content (AvgIpc) is 3.21. The molecule has 4 nitrogen and oxygen atoms in total. The SMILES string of the molecule is CC(C)(COB1OCc2cc(F)ccc21)COB1OCc2cc(F)ccc21. The summed E-state index contributed by atoms with van der Waals surface area (Å²) in [6, 6.07) is 9.18. The van der Waals surface area contributed by atoms with E-state index in [9.17, 15) is 8.78 Å². The first kappa shape index (κ1) is 18.6. The van der Waals surface area contributed by atoms with Crippen LogP contribution in [-0.4, -0.2) is 27.5 Å². The van der Waals surface area contributed by atoms with Gasteiger partial charge < -0.3 is 18.6 Å². The van der Waals surface area contributed by atoms with Crippen molar-refractivity contribution in [3.05, 3.63) is 59.2 Å². The molecule has 2 aliphatic heterocycles. The summed E-state index contributed by atoms with van der Waals surface area (Å²) in [5.41, 5.74) is 3.07. The third-order valence-corrected chi connectivity index (χ3v) is 4.75. The Morgan fingerprint density at radius 1 is 0.852 bits per heavy atom. The number of rotatable bonds is 6. The Morgan fingerprint density at radius 2 is 1.30 bits per heavy atom. The van der Waals surface area contributed by atoms with Gasteiger partial charge in [-0.2, -0.15) is 0 Å². The van der Waals surface area contributed by atoms with E-state index in [1.165, 1.54) is 24.3 Å². The monoisotopic (exact) mass is 372 g/mol. The van der Waals surface area contributed by atoms with Crippen LogP contribution in [0.25, 0.3) is 0 Å². The zero-order valence-corrected chi connectivity index (χ0v) is 15.3. The van der Waals surface area contributed by atoms with Gasteiger partial charge in [-0.15, -0.1) is 0 Å². The van der Waals surface area contributed by atoms with E-state index >= 15 is 0 Å². The maximum absolute atomic E-state index is 13.3. The Kier molecular flexibility index (Phi) is 5.07. The van der Waals surface area contributed by atoms with Crippen LogP contribution < -0.4 is 10.9 Å². The lowest BCUT2D eigenvalue weighted by Crippen LogP contribution is -2.40. The van der Waals surface area contributed by atoms with Gasteiger partial charge in [-0.25, -0.2) is 8.78 Å². The zero-order chi connectivity index (χ0) is 19.0. The van der Waals surface area contributed by atoms with E-state index in [0.29, 0.717) is 26.4 Å². The lowest BCUT2D eigenvalue weighted by molar-refractivity contribution is 0.0789. The third kappa shape index (κ3) is 4.09. The predicted molar refractivity (Wildman–Crippen MR) is 98.8 cm³/mol. The molecule has 2 aliphatic rings. The van der Waals surface area contributed by atoms with Gasteiger partial charge in [-0.05, 0) is 46.3 Å². The van der Waals surface area contributed by atoms with Crippen molar-refractivity contribution in [2.75, 3.05) is 13.2 Å². The highest BCUT2D eigenvalue weighted by Gasteiger charge is 2.35. The maximum Gasteiger partial charge on any atom is 0.494 e. The van der Waals surface area contributed by atoms with Gasteiger partial charge in [-0.3, -0.25) is 0 Å². The number of halogens is 2. The molecule has 4 rings (SSSR count). The van der Waals surface area contributed by atoms with Gasteiger partial charge in [0.2, 0.25) is 0 Å². The van der Waals surface area contributed by atoms with Crippen LogP contribution in [0.2, 0.25) is 0 Å². The van der Waals surface area contributed by atoms with Gasteiger partial charge in [0.05, 0.1) is 13.2 Å².